The molecule has 3 rings (SSSR count). The number of benzene rings is 2. The monoisotopic (exact) mass is 448 g/mol. The van der Waals surface area contributed by atoms with E-state index in [1.54, 1.807) is 19.1 Å². The van der Waals surface area contributed by atoms with E-state index in [1.165, 1.54) is 25.4 Å². The molecule has 0 atom stereocenters. The second-order valence-corrected chi connectivity index (χ2v) is 7.19. The number of nitrogens with one attached hydrogen (secondary N) is 1. The van der Waals surface area contributed by atoms with Gasteiger partial charge in [-0.25, -0.2) is 9.59 Å². The molecule has 0 spiro atoms. The molecule has 0 saturated heterocycles. The number of aromatic nitrogens is 1. The summed E-state index contributed by atoms with van der Waals surface area (Å²) in [6.45, 7) is 3.74. The van der Waals surface area contributed by atoms with E-state index >= 15 is 0 Å². The van der Waals surface area contributed by atoms with Crippen molar-refractivity contribution < 1.29 is 24.2 Å². The number of halogens is 2. The molecule has 9 heteroatoms. The van der Waals surface area contributed by atoms with E-state index in [-0.39, 0.29) is 28.5 Å². The minimum Gasteiger partial charge on any atom is -0.496 e. The lowest BCUT2D eigenvalue weighted by molar-refractivity contribution is 0.0526. The average molecular weight is 449 g/mol. The number of methoxy groups -OCH3 is 1. The van der Waals surface area contributed by atoms with Gasteiger partial charge in [0.15, 0.2) is 0 Å². The maximum Gasteiger partial charge on any atom is 0.341 e. The van der Waals surface area contributed by atoms with Crippen LogP contribution >= 0.6 is 23.2 Å². The molecule has 0 aliphatic rings. The smallest absolute Gasteiger partial charge is 0.341 e. The van der Waals surface area contributed by atoms with Gasteiger partial charge in [0, 0.05) is 22.7 Å². The summed E-state index contributed by atoms with van der Waals surface area (Å²) >= 11 is 12.6. The molecule has 0 saturated carbocycles. The molecule has 0 aliphatic carbocycles. The van der Waals surface area contributed by atoms with E-state index in [9.17, 15) is 14.7 Å². The maximum absolute atomic E-state index is 12.6. The highest BCUT2D eigenvalue weighted by Gasteiger charge is 2.21. The second kappa shape index (κ2) is 8.77. The van der Waals surface area contributed by atoms with Gasteiger partial charge in [0.2, 0.25) is 0 Å². The summed E-state index contributed by atoms with van der Waals surface area (Å²) < 4.78 is 10.3. The summed E-state index contributed by atoms with van der Waals surface area (Å²) in [5.41, 5.74) is 2.28. The van der Waals surface area contributed by atoms with Gasteiger partial charge in [0.1, 0.15) is 16.9 Å². The van der Waals surface area contributed by atoms with Crippen molar-refractivity contribution in [3.05, 3.63) is 57.2 Å². The SMILES string of the molecule is CCOC(=O)c1cnc2c(C)cc(Cl)cc2c1Nc1cc(OC)c(C(=O)O)cc1Cl. The fourth-order valence-corrected chi connectivity index (χ4v) is 3.54. The zero-order chi connectivity index (χ0) is 22.0. The number of aryl methyl sites for hydroxylation is 1. The number of carbonyl (C=O) groups excluding carboxylic acids is 1. The third-order valence-corrected chi connectivity index (χ3v) is 4.93. The van der Waals surface area contributed by atoms with Gasteiger partial charge in [-0.15, -0.1) is 0 Å². The average Bonchev–Trinajstić information content (AvgIpc) is 2.69. The van der Waals surface area contributed by atoms with Crippen molar-refractivity contribution >= 4 is 57.4 Å². The molecule has 7 nitrogen and oxygen atoms in total. The molecule has 0 unspecified atom stereocenters. The summed E-state index contributed by atoms with van der Waals surface area (Å²) in [7, 11) is 1.36. The zero-order valence-corrected chi connectivity index (χ0v) is 17.9. The van der Waals surface area contributed by atoms with Crippen LogP contribution in [-0.4, -0.2) is 35.7 Å². The predicted octanol–water partition coefficient (Wildman–Crippen LogP) is 5.48. The first-order valence-corrected chi connectivity index (χ1v) is 9.66. The van der Waals surface area contributed by atoms with Crippen LogP contribution in [0.3, 0.4) is 0 Å². The number of aromatic carboxylic acids is 1. The van der Waals surface area contributed by atoms with Gasteiger partial charge in [-0.05, 0) is 37.6 Å². The summed E-state index contributed by atoms with van der Waals surface area (Å²) in [5.74, 6) is -1.64. The highest BCUT2D eigenvalue weighted by Crippen LogP contribution is 2.37. The summed E-state index contributed by atoms with van der Waals surface area (Å²) in [4.78, 5) is 28.4. The van der Waals surface area contributed by atoms with Crippen LogP contribution in [-0.2, 0) is 4.74 Å². The van der Waals surface area contributed by atoms with Gasteiger partial charge in [0.05, 0.1) is 35.6 Å². The van der Waals surface area contributed by atoms with E-state index in [0.717, 1.165) is 5.56 Å². The normalized spacial score (nSPS) is 10.7. The molecule has 1 heterocycles. The van der Waals surface area contributed by atoms with Crippen LogP contribution in [0.2, 0.25) is 10.0 Å². The predicted molar refractivity (Wildman–Crippen MR) is 116 cm³/mol. The second-order valence-electron chi connectivity index (χ2n) is 6.35. The van der Waals surface area contributed by atoms with Crippen LogP contribution in [0.15, 0.2) is 30.5 Å². The van der Waals surface area contributed by atoms with Crippen molar-refractivity contribution in [3.63, 3.8) is 0 Å². The lowest BCUT2D eigenvalue weighted by atomic mass is 10.1. The first-order valence-electron chi connectivity index (χ1n) is 8.90. The van der Waals surface area contributed by atoms with Crippen molar-refractivity contribution in [2.24, 2.45) is 0 Å². The highest BCUT2D eigenvalue weighted by atomic mass is 35.5. The number of anilines is 2. The fraction of sp³-hybridized carbons (Fsp3) is 0.190. The van der Waals surface area contributed by atoms with Gasteiger partial charge in [-0.2, -0.15) is 0 Å². The van der Waals surface area contributed by atoms with Crippen LogP contribution < -0.4 is 10.1 Å². The van der Waals surface area contributed by atoms with E-state index < -0.39 is 11.9 Å². The number of hydrogen-bond acceptors (Lipinski definition) is 6. The van der Waals surface area contributed by atoms with Gasteiger partial charge in [0.25, 0.3) is 0 Å². The Bertz CT molecular complexity index is 1160. The minimum atomic E-state index is -1.18. The van der Waals surface area contributed by atoms with Gasteiger partial charge < -0.3 is 19.9 Å². The first-order chi connectivity index (χ1) is 14.3. The van der Waals surface area contributed by atoms with E-state index in [2.05, 4.69) is 10.3 Å². The molecule has 30 heavy (non-hydrogen) atoms. The third-order valence-electron chi connectivity index (χ3n) is 4.40. The summed E-state index contributed by atoms with van der Waals surface area (Å²) in [5, 5.41) is 13.6. The number of carboxylic acid groups (broad SMARTS) is 1. The van der Waals surface area contributed by atoms with Crippen molar-refractivity contribution in [1.29, 1.82) is 0 Å². The number of hydrogen-bond donors (Lipinski definition) is 2. The number of esters is 1. The Kier molecular flexibility index (Phi) is 6.34. The van der Waals surface area contributed by atoms with Gasteiger partial charge in [-0.1, -0.05) is 23.2 Å². The maximum atomic E-state index is 12.6. The topological polar surface area (TPSA) is 97.8 Å². The molecule has 0 amide bonds. The summed E-state index contributed by atoms with van der Waals surface area (Å²) in [6, 6.07) is 6.17. The van der Waals surface area contributed by atoms with Gasteiger partial charge in [-0.3, -0.25) is 4.98 Å². The van der Waals surface area contributed by atoms with Crippen molar-refractivity contribution in [2.45, 2.75) is 13.8 Å². The molecule has 0 bridgehead atoms. The first kappa shape index (κ1) is 21.7. The Labute approximate surface area is 182 Å². The van der Waals surface area contributed by atoms with Crippen molar-refractivity contribution in [2.75, 3.05) is 19.0 Å². The molecule has 3 aromatic rings. The van der Waals surface area contributed by atoms with E-state index in [1.807, 2.05) is 6.92 Å². The molecule has 156 valence electrons. The number of ether oxygens (including phenoxy) is 2. The quantitative estimate of drug-likeness (QED) is 0.481. The standard InChI is InChI=1S/C21H18Cl2N2O5/c1-4-30-21(28)14-9-24-18-10(2)5-11(22)6-13(18)19(14)25-16-8-17(29-3)12(20(26)27)7-15(16)23/h5-9H,4H2,1-3H3,(H,24,25)(H,26,27). The number of rotatable bonds is 6. The molecule has 0 aliphatic heterocycles. The zero-order valence-electron chi connectivity index (χ0n) is 16.4. The van der Waals surface area contributed by atoms with E-state index in [0.29, 0.717) is 27.3 Å². The number of fused-ring (bicyclic) bond motifs is 1. The Morgan fingerprint density at radius 2 is 1.90 bits per heavy atom. The molecule has 0 radical (unpaired) electrons. The number of carbonyl (C=O) groups is 2. The number of carboxylic acids is 1. The highest BCUT2D eigenvalue weighted by molar-refractivity contribution is 6.34. The Morgan fingerprint density at radius 3 is 2.53 bits per heavy atom. The molecule has 2 N–H and O–H groups in total. The van der Waals surface area contributed by atoms with Crippen LogP contribution in [0.4, 0.5) is 11.4 Å². The minimum absolute atomic E-state index is 0.0860. The molecule has 1 aromatic heterocycles. The lowest BCUT2D eigenvalue weighted by Gasteiger charge is -2.17. The van der Waals surface area contributed by atoms with Crippen LogP contribution in [0.25, 0.3) is 10.9 Å². The Balaban J connectivity index is 2.25. The third kappa shape index (κ3) is 4.13. The molecule has 0 fully saturated rings. The van der Waals surface area contributed by atoms with Crippen LogP contribution in [0, 0.1) is 6.92 Å². The number of nitrogens with zero attached hydrogens (tertiary/aromatic N) is 1. The van der Waals surface area contributed by atoms with Crippen LogP contribution in [0.5, 0.6) is 5.75 Å². The van der Waals surface area contributed by atoms with Crippen LogP contribution in [0.1, 0.15) is 33.2 Å². The van der Waals surface area contributed by atoms with Crippen molar-refractivity contribution in [3.8, 4) is 5.75 Å². The Hall–Kier alpha value is -3.03. The van der Waals surface area contributed by atoms with Gasteiger partial charge >= 0.3 is 11.9 Å². The molecule has 2 aromatic carbocycles. The summed E-state index contributed by atoms with van der Waals surface area (Å²) in [6.07, 6.45) is 1.42. The molecular weight excluding hydrogens is 431 g/mol. The number of pyridine rings is 1. The molecular formula is C21H18Cl2N2O5. The van der Waals surface area contributed by atoms with Crippen molar-refractivity contribution in [1.82, 2.24) is 4.98 Å². The fourth-order valence-electron chi connectivity index (χ4n) is 3.05. The Morgan fingerprint density at radius 1 is 1.17 bits per heavy atom. The van der Waals surface area contributed by atoms with E-state index in [4.69, 9.17) is 32.7 Å². The largest absolute Gasteiger partial charge is 0.496 e. The lowest BCUT2D eigenvalue weighted by Crippen LogP contribution is -2.10.